The van der Waals surface area contributed by atoms with Gasteiger partial charge in [0.15, 0.2) is 0 Å². The third kappa shape index (κ3) is 5.09. The Bertz CT molecular complexity index is 168. The zero-order valence-electron chi connectivity index (χ0n) is 8.02. The van der Waals surface area contributed by atoms with Gasteiger partial charge >= 0.3 is 0 Å². The van der Waals surface area contributed by atoms with Crippen LogP contribution in [-0.2, 0) is 9.32 Å². The van der Waals surface area contributed by atoms with Crippen molar-refractivity contribution in [2.24, 2.45) is 0 Å². The van der Waals surface area contributed by atoms with E-state index in [1.807, 2.05) is 0 Å². The number of hydrogen-bond acceptors (Lipinski definition) is 2. The minimum absolute atomic E-state index is 0.272. The highest BCUT2D eigenvalue weighted by Gasteiger charge is 2.22. The van der Waals surface area contributed by atoms with Crippen LogP contribution in [-0.4, -0.2) is 14.2 Å². The summed E-state index contributed by atoms with van der Waals surface area (Å²) in [5.41, 5.74) is 2.36. The molecule has 3 nitrogen and oxygen atoms in total. The smallest absolute Gasteiger partial charge is 0.265 e. The number of carbonyl (C=O) groups excluding carboxylic acids is 1. The van der Waals surface area contributed by atoms with Crippen molar-refractivity contribution in [1.82, 2.24) is 5.48 Å². The molecule has 4 heteroatoms. The first kappa shape index (κ1) is 11.4. The van der Waals surface area contributed by atoms with Gasteiger partial charge in [-0.1, -0.05) is 19.9 Å². The number of rotatable bonds is 5. The summed E-state index contributed by atoms with van der Waals surface area (Å²) in [7, 11) is -1.66. The first-order valence-corrected chi connectivity index (χ1v) is 7.24. The monoisotopic (exact) mass is 187 g/mol. The lowest BCUT2D eigenvalue weighted by Gasteiger charge is -2.20. The Morgan fingerprint density at radius 3 is 2.67 bits per heavy atom. The third-order valence-corrected chi connectivity index (χ3v) is 3.82. The van der Waals surface area contributed by atoms with Gasteiger partial charge < -0.3 is 4.53 Å². The molecule has 0 rings (SSSR count). The molecule has 12 heavy (non-hydrogen) atoms. The molecule has 70 valence electrons. The van der Waals surface area contributed by atoms with E-state index in [0.29, 0.717) is 0 Å². The molecule has 0 aliphatic rings. The van der Waals surface area contributed by atoms with Gasteiger partial charge in [-0.25, -0.2) is 5.48 Å². The fraction of sp³-hybridized carbons (Fsp3) is 0.625. The fourth-order valence-corrected chi connectivity index (χ4v) is 2.57. The Labute approximate surface area is 74.9 Å². The molecule has 0 atom stereocenters. The normalized spacial score (nSPS) is 10.9. The van der Waals surface area contributed by atoms with Crippen molar-refractivity contribution in [2.45, 2.75) is 32.5 Å². The van der Waals surface area contributed by atoms with Gasteiger partial charge in [0.2, 0.25) is 8.32 Å². The second-order valence-electron chi connectivity index (χ2n) is 3.28. The Hall–Kier alpha value is -0.613. The van der Waals surface area contributed by atoms with E-state index in [9.17, 15) is 4.79 Å². The molecule has 0 aromatic heterocycles. The molecule has 0 unspecified atom stereocenters. The van der Waals surface area contributed by atoms with Crippen LogP contribution in [0, 0.1) is 0 Å². The molecule has 0 saturated carbocycles. The predicted octanol–water partition coefficient (Wildman–Crippen LogP) is 1.84. The lowest BCUT2D eigenvalue weighted by atomic mass is 10.6. The number of hydrogen-bond donors (Lipinski definition) is 1. The van der Waals surface area contributed by atoms with Gasteiger partial charge in [-0.2, -0.15) is 0 Å². The quantitative estimate of drug-likeness (QED) is 0.405. The molecule has 0 aromatic rings. The molecule has 0 aromatic carbocycles. The summed E-state index contributed by atoms with van der Waals surface area (Å²) in [6, 6.07) is 1.05. The van der Waals surface area contributed by atoms with Gasteiger partial charge in [0.1, 0.15) is 0 Å². The summed E-state index contributed by atoms with van der Waals surface area (Å²) < 4.78 is 5.29. The van der Waals surface area contributed by atoms with E-state index in [4.69, 9.17) is 4.53 Å². The Morgan fingerprint density at radius 2 is 2.25 bits per heavy atom. The van der Waals surface area contributed by atoms with Gasteiger partial charge in [0.25, 0.3) is 5.91 Å². The molecule has 1 N–H and O–H groups in total. The van der Waals surface area contributed by atoms with Crippen LogP contribution in [0.5, 0.6) is 0 Å². The second-order valence-corrected chi connectivity index (χ2v) is 7.51. The molecule has 0 aliphatic carbocycles. The van der Waals surface area contributed by atoms with Crippen molar-refractivity contribution >= 4 is 14.2 Å². The fourth-order valence-electron chi connectivity index (χ4n) is 0.883. The zero-order chi connectivity index (χ0) is 9.61. The van der Waals surface area contributed by atoms with E-state index in [-0.39, 0.29) is 5.91 Å². The molecule has 0 saturated heterocycles. The number of carbonyl (C=O) groups is 1. The van der Waals surface area contributed by atoms with Crippen LogP contribution in [0.1, 0.15) is 13.3 Å². The van der Waals surface area contributed by atoms with Crippen LogP contribution < -0.4 is 5.48 Å². The van der Waals surface area contributed by atoms with E-state index in [2.05, 4.69) is 32.1 Å². The molecule has 0 fully saturated rings. The molecular weight excluding hydrogens is 170 g/mol. The Morgan fingerprint density at radius 1 is 1.67 bits per heavy atom. The van der Waals surface area contributed by atoms with E-state index in [1.165, 1.54) is 6.08 Å². The van der Waals surface area contributed by atoms with Gasteiger partial charge in [-0.05, 0) is 25.2 Å². The maximum atomic E-state index is 10.7. The maximum absolute atomic E-state index is 10.7. The van der Waals surface area contributed by atoms with Crippen molar-refractivity contribution < 1.29 is 9.32 Å². The summed E-state index contributed by atoms with van der Waals surface area (Å²) >= 11 is 0. The van der Waals surface area contributed by atoms with Crippen molar-refractivity contribution in [1.29, 1.82) is 0 Å². The predicted molar refractivity (Wildman–Crippen MR) is 52.0 cm³/mol. The maximum Gasteiger partial charge on any atom is 0.265 e. The number of hydroxylamine groups is 1. The molecular formula is C8H17NO2Si. The molecule has 0 radical (unpaired) electrons. The van der Waals surface area contributed by atoms with Crippen LogP contribution >= 0.6 is 0 Å². The van der Waals surface area contributed by atoms with E-state index < -0.39 is 8.32 Å². The molecule has 1 amide bonds. The third-order valence-electron chi connectivity index (χ3n) is 1.47. The zero-order valence-corrected chi connectivity index (χ0v) is 9.02. The van der Waals surface area contributed by atoms with Crippen LogP contribution in [0.25, 0.3) is 0 Å². The highest BCUT2D eigenvalue weighted by atomic mass is 28.4. The minimum atomic E-state index is -1.66. The SMILES string of the molecule is C=CC(=O)NO[Si](C)(C)CCC. The summed E-state index contributed by atoms with van der Waals surface area (Å²) in [5.74, 6) is -0.272. The van der Waals surface area contributed by atoms with Crippen LogP contribution in [0.3, 0.4) is 0 Å². The van der Waals surface area contributed by atoms with Gasteiger partial charge in [0, 0.05) is 0 Å². The molecule has 0 bridgehead atoms. The van der Waals surface area contributed by atoms with Crippen molar-refractivity contribution in [3.63, 3.8) is 0 Å². The van der Waals surface area contributed by atoms with E-state index in [1.54, 1.807) is 0 Å². The average molecular weight is 187 g/mol. The highest BCUT2D eigenvalue weighted by molar-refractivity contribution is 6.71. The lowest BCUT2D eigenvalue weighted by molar-refractivity contribution is -0.123. The van der Waals surface area contributed by atoms with Gasteiger partial charge in [-0.15, -0.1) is 0 Å². The summed E-state index contributed by atoms with van der Waals surface area (Å²) in [6.45, 7) is 9.57. The van der Waals surface area contributed by atoms with Crippen LogP contribution in [0.2, 0.25) is 19.1 Å². The van der Waals surface area contributed by atoms with Gasteiger partial charge in [-0.3, -0.25) is 4.79 Å². The molecule has 0 aliphatic heterocycles. The molecule has 0 heterocycles. The first-order chi connectivity index (χ1) is 5.52. The topological polar surface area (TPSA) is 38.3 Å². The van der Waals surface area contributed by atoms with Gasteiger partial charge in [0.05, 0.1) is 0 Å². The van der Waals surface area contributed by atoms with Crippen LogP contribution in [0.15, 0.2) is 12.7 Å². The highest BCUT2D eigenvalue weighted by Crippen LogP contribution is 2.11. The van der Waals surface area contributed by atoms with Crippen molar-refractivity contribution in [3.8, 4) is 0 Å². The first-order valence-electron chi connectivity index (χ1n) is 4.12. The Kier molecular flexibility index (Phi) is 4.85. The summed E-state index contributed by atoms with van der Waals surface area (Å²) in [5, 5.41) is 0. The second kappa shape index (κ2) is 5.11. The number of amides is 1. The van der Waals surface area contributed by atoms with Crippen LogP contribution in [0.4, 0.5) is 0 Å². The van der Waals surface area contributed by atoms with E-state index >= 15 is 0 Å². The molecule has 0 spiro atoms. The minimum Gasteiger partial charge on any atom is -0.320 e. The summed E-state index contributed by atoms with van der Waals surface area (Å²) in [4.78, 5) is 10.7. The average Bonchev–Trinajstić information content (AvgIpc) is 2.00. The number of nitrogens with one attached hydrogen (secondary N) is 1. The van der Waals surface area contributed by atoms with Crippen molar-refractivity contribution in [3.05, 3.63) is 12.7 Å². The van der Waals surface area contributed by atoms with E-state index in [0.717, 1.165) is 12.5 Å². The summed E-state index contributed by atoms with van der Waals surface area (Å²) in [6.07, 6.45) is 2.29. The lowest BCUT2D eigenvalue weighted by Crippen LogP contribution is -2.38. The standard InChI is InChI=1S/C8H17NO2Si/c1-5-7-12(3,4)11-9-8(10)6-2/h6H,2,5,7H2,1,3-4H3,(H,9,10). The largest absolute Gasteiger partial charge is 0.320 e. The Balaban J connectivity index is 3.74. The van der Waals surface area contributed by atoms with Crippen molar-refractivity contribution in [2.75, 3.05) is 0 Å².